The van der Waals surface area contributed by atoms with E-state index < -0.39 is 0 Å². The summed E-state index contributed by atoms with van der Waals surface area (Å²) in [6.07, 6.45) is 8.39. The number of rotatable bonds is 3. The number of nitrogens with one attached hydrogen (secondary N) is 1. The molecule has 0 spiro atoms. The van der Waals surface area contributed by atoms with Crippen molar-refractivity contribution in [1.82, 2.24) is 5.32 Å². The molecule has 1 saturated heterocycles. The Balaban J connectivity index is 1.88. The average molecular weight is 253 g/mol. The van der Waals surface area contributed by atoms with Crippen LogP contribution < -0.4 is 5.32 Å². The van der Waals surface area contributed by atoms with Crippen LogP contribution in [0.25, 0.3) is 0 Å². The van der Waals surface area contributed by atoms with Crippen LogP contribution in [0, 0.1) is 17.8 Å². The molecule has 2 aliphatic rings. The molecule has 2 nitrogen and oxygen atoms in total. The molecule has 18 heavy (non-hydrogen) atoms. The summed E-state index contributed by atoms with van der Waals surface area (Å²) in [6.45, 7) is 10.0. The highest BCUT2D eigenvalue weighted by atomic mass is 16.5. The molecule has 2 rings (SSSR count). The summed E-state index contributed by atoms with van der Waals surface area (Å²) < 4.78 is 5.52. The lowest BCUT2D eigenvalue weighted by molar-refractivity contribution is 0.0223. The van der Waals surface area contributed by atoms with Crippen molar-refractivity contribution in [1.29, 1.82) is 0 Å². The highest BCUT2D eigenvalue weighted by Crippen LogP contribution is 2.39. The largest absolute Gasteiger partial charge is 0.381 e. The molecular formula is C16H31NO. The van der Waals surface area contributed by atoms with Gasteiger partial charge in [-0.2, -0.15) is 0 Å². The lowest BCUT2D eigenvalue weighted by atomic mass is 9.70. The molecule has 106 valence electrons. The lowest BCUT2D eigenvalue weighted by Gasteiger charge is -2.40. The Kier molecular flexibility index (Phi) is 5.08. The van der Waals surface area contributed by atoms with Crippen molar-refractivity contribution in [3.63, 3.8) is 0 Å². The number of hydrogen-bond donors (Lipinski definition) is 1. The van der Waals surface area contributed by atoms with Gasteiger partial charge in [-0.15, -0.1) is 0 Å². The van der Waals surface area contributed by atoms with Gasteiger partial charge in [0.15, 0.2) is 0 Å². The third-order valence-electron chi connectivity index (χ3n) is 4.73. The van der Waals surface area contributed by atoms with Crippen LogP contribution in [-0.2, 0) is 4.74 Å². The van der Waals surface area contributed by atoms with Crippen LogP contribution in [0.2, 0.25) is 0 Å². The second kappa shape index (κ2) is 6.38. The van der Waals surface area contributed by atoms with Crippen LogP contribution in [0.1, 0.15) is 59.3 Å². The predicted octanol–water partition coefficient (Wildman–Crippen LogP) is 3.61. The SMILES string of the molecule is CC(C)(C)NCC1CCCCC1C1CCOCC1. The van der Waals surface area contributed by atoms with Crippen LogP contribution in [0.15, 0.2) is 0 Å². The molecule has 1 saturated carbocycles. The van der Waals surface area contributed by atoms with Crippen molar-refractivity contribution >= 4 is 0 Å². The van der Waals surface area contributed by atoms with Crippen LogP contribution in [0.3, 0.4) is 0 Å². The highest BCUT2D eigenvalue weighted by Gasteiger charge is 2.32. The van der Waals surface area contributed by atoms with Gasteiger partial charge in [-0.05, 0) is 70.8 Å². The second-order valence-electron chi connectivity index (χ2n) is 7.29. The van der Waals surface area contributed by atoms with E-state index in [-0.39, 0.29) is 5.54 Å². The summed E-state index contributed by atoms with van der Waals surface area (Å²) in [5.41, 5.74) is 0.262. The van der Waals surface area contributed by atoms with E-state index in [9.17, 15) is 0 Å². The van der Waals surface area contributed by atoms with Crippen molar-refractivity contribution < 1.29 is 4.74 Å². The van der Waals surface area contributed by atoms with E-state index in [2.05, 4.69) is 26.1 Å². The molecule has 2 unspecified atom stereocenters. The van der Waals surface area contributed by atoms with E-state index in [0.717, 1.165) is 31.0 Å². The molecule has 0 bridgehead atoms. The molecule has 1 aliphatic heterocycles. The van der Waals surface area contributed by atoms with E-state index in [1.807, 2.05) is 0 Å². The number of ether oxygens (including phenoxy) is 1. The van der Waals surface area contributed by atoms with Crippen molar-refractivity contribution in [3.8, 4) is 0 Å². The first-order valence-electron chi connectivity index (χ1n) is 7.89. The Bertz CT molecular complexity index is 240. The van der Waals surface area contributed by atoms with Crippen LogP contribution in [0.4, 0.5) is 0 Å². The van der Waals surface area contributed by atoms with Gasteiger partial charge in [0.1, 0.15) is 0 Å². The van der Waals surface area contributed by atoms with E-state index in [1.54, 1.807) is 0 Å². The predicted molar refractivity (Wildman–Crippen MR) is 76.7 cm³/mol. The quantitative estimate of drug-likeness (QED) is 0.829. The summed E-state index contributed by atoms with van der Waals surface area (Å²) in [6, 6.07) is 0. The van der Waals surface area contributed by atoms with Gasteiger partial charge in [0.05, 0.1) is 0 Å². The molecule has 0 radical (unpaired) electrons. The topological polar surface area (TPSA) is 21.3 Å². The maximum Gasteiger partial charge on any atom is 0.0468 e. The molecule has 0 amide bonds. The van der Waals surface area contributed by atoms with E-state index >= 15 is 0 Å². The molecule has 2 atom stereocenters. The van der Waals surface area contributed by atoms with Crippen molar-refractivity contribution in [2.45, 2.75) is 64.8 Å². The average Bonchev–Trinajstić information content (AvgIpc) is 2.37. The van der Waals surface area contributed by atoms with Crippen LogP contribution in [0.5, 0.6) is 0 Å². The fourth-order valence-electron chi connectivity index (χ4n) is 3.69. The molecule has 0 aromatic rings. The van der Waals surface area contributed by atoms with Gasteiger partial charge in [-0.1, -0.05) is 12.8 Å². The van der Waals surface area contributed by atoms with Gasteiger partial charge in [0, 0.05) is 18.8 Å². The minimum atomic E-state index is 0.262. The van der Waals surface area contributed by atoms with E-state index in [1.165, 1.54) is 45.1 Å². The van der Waals surface area contributed by atoms with Gasteiger partial charge in [-0.25, -0.2) is 0 Å². The van der Waals surface area contributed by atoms with Crippen molar-refractivity contribution in [3.05, 3.63) is 0 Å². The molecule has 1 aliphatic carbocycles. The maximum atomic E-state index is 5.52. The first kappa shape index (κ1) is 14.3. The van der Waals surface area contributed by atoms with Crippen molar-refractivity contribution in [2.24, 2.45) is 17.8 Å². The summed E-state index contributed by atoms with van der Waals surface area (Å²) in [5.74, 6) is 2.80. The normalized spacial score (nSPS) is 31.5. The van der Waals surface area contributed by atoms with Crippen LogP contribution in [-0.4, -0.2) is 25.3 Å². The Morgan fingerprint density at radius 2 is 1.67 bits per heavy atom. The minimum Gasteiger partial charge on any atom is -0.381 e. The molecule has 2 fully saturated rings. The summed E-state index contributed by atoms with van der Waals surface area (Å²) >= 11 is 0. The first-order valence-corrected chi connectivity index (χ1v) is 7.89. The monoisotopic (exact) mass is 253 g/mol. The Hall–Kier alpha value is -0.0800. The fourth-order valence-corrected chi connectivity index (χ4v) is 3.69. The summed E-state index contributed by atoms with van der Waals surface area (Å²) in [5, 5.41) is 3.73. The Morgan fingerprint density at radius 3 is 2.33 bits per heavy atom. The Morgan fingerprint density at radius 1 is 1.00 bits per heavy atom. The summed E-state index contributed by atoms with van der Waals surface area (Å²) in [7, 11) is 0. The minimum absolute atomic E-state index is 0.262. The standard InChI is InChI=1S/C16H31NO/c1-16(2,3)17-12-14-6-4-5-7-15(14)13-8-10-18-11-9-13/h13-15,17H,4-12H2,1-3H3. The molecule has 1 heterocycles. The third kappa shape index (κ3) is 4.24. The smallest absolute Gasteiger partial charge is 0.0468 e. The fraction of sp³-hybridized carbons (Fsp3) is 1.00. The zero-order chi connectivity index (χ0) is 13.0. The third-order valence-corrected chi connectivity index (χ3v) is 4.73. The van der Waals surface area contributed by atoms with E-state index in [0.29, 0.717) is 0 Å². The first-order chi connectivity index (χ1) is 8.56. The second-order valence-corrected chi connectivity index (χ2v) is 7.29. The zero-order valence-electron chi connectivity index (χ0n) is 12.5. The van der Waals surface area contributed by atoms with E-state index in [4.69, 9.17) is 4.74 Å². The molecule has 2 heteroatoms. The van der Waals surface area contributed by atoms with Gasteiger partial charge in [-0.3, -0.25) is 0 Å². The maximum absolute atomic E-state index is 5.52. The number of hydrogen-bond acceptors (Lipinski definition) is 2. The molecule has 0 aromatic heterocycles. The lowest BCUT2D eigenvalue weighted by Crippen LogP contribution is -2.43. The van der Waals surface area contributed by atoms with Gasteiger partial charge >= 0.3 is 0 Å². The van der Waals surface area contributed by atoms with Crippen LogP contribution >= 0.6 is 0 Å². The molecule has 1 N–H and O–H groups in total. The van der Waals surface area contributed by atoms with Crippen molar-refractivity contribution in [2.75, 3.05) is 19.8 Å². The van der Waals surface area contributed by atoms with Gasteiger partial charge in [0.25, 0.3) is 0 Å². The highest BCUT2D eigenvalue weighted by molar-refractivity contribution is 4.85. The molecular weight excluding hydrogens is 222 g/mol. The van der Waals surface area contributed by atoms with Gasteiger partial charge in [0.2, 0.25) is 0 Å². The zero-order valence-corrected chi connectivity index (χ0v) is 12.5. The molecule has 0 aromatic carbocycles. The Labute approximate surface area is 113 Å². The summed E-state index contributed by atoms with van der Waals surface area (Å²) in [4.78, 5) is 0. The van der Waals surface area contributed by atoms with Gasteiger partial charge < -0.3 is 10.1 Å².